The lowest BCUT2D eigenvalue weighted by Crippen LogP contribution is -2.28. The molecule has 0 aliphatic rings. The Bertz CT molecular complexity index is 994. The average Bonchev–Trinajstić information content (AvgIpc) is 2.65. The van der Waals surface area contributed by atoms with Crippen molar-refractivity contribution >= 4 is 55.8 Å². The van der Waals surface area contributed by atoms with Crippen LogP contribution < -0.4 is 14.8 Å². The summed E-state index contributed by atoms with van der Waals surface area (Å²) in [7, 11) is 1.61. The molecule has 0 aliphatic carbocycles. The first kappa shape index (κ1) is 19.8. The van der Waals surface area contributed by atoms with Gasteiger partial charge in [-0.25, -0.2) is 0 Å². The molecule has 3 aromatic rings. The van der Waals surface area contributed by atoms with Crippen LogP contribution in [0.1, 0.15) is 5.56 Å². The van der Waals surface area contributed by atoms with E-state index in [2.05, 4.69) is 21.2 Å². The number of hydrogen-bond acceptors (Lipinski definition) is 3. The molecule has 0 unspecified atom stereocenters. The van der Waals surface area contributed by atoms with E-state index in [9.17, 15) is 4.79 Å². The Morgan fingerprint density at radius 1 is 1.07 bits per heavy atom. The molecule has 0 bridgehead atoms. The first-order valence-corrected chi connectivity index (χ1v) is 9.62. The highest BCUT2D eigenvalue weighted by atomic mass is 79.9. The van der Waals surface area contributed by atoms with E-state index in [1.54, 1.807) is 25.3 Å². The second kappa shape index (κ2) is 8.83. The largest absolute Gasteiger partial charge is 0.496 e. The van der Waals surface area contributed by atoms with Gasteiger partial charge in [0.1, 0.15) is 11.5 Å². The van der Waals surface area contributed by atoms with Gasteiger partial charge in [-0.1, -0.05) is 51.3 Å². The number of halogens is 3. The predicted octanol–water partition coefficient (Wildman–Crippen LogP) is 5.61. The van der Waals surface area contributed by atoms with Gasteiger partial charge in [-0.2, -0.15) is 0 Å². The van der Waals surface area contributed by atoms with Crippen LogP contribution in [0.25, 0.3) is 10.8 Å². The lowest BCUT2D eigenvalue weighted by Gasteiger charge is -2.14. The molecule has 3 aromatic carbocycles. The van der Waals surface area contributed by atoms with Crippen molar-refractivity contribution in [3.63, 3.8) is 0 Å². The minimum Gasteiger partial charge on any atom is -0.496 e. The molecular weight excluding hydrogens is 453 g/mol. The summed E-state index contributed by atoms with van der Waals surface area (Å²) in [5.41, 5.74) is 0.903. The van der Waals surface area contributed by atoms with Crippen molar-refractivity contribution in [3.8, 4) is 11.5 Å². The molecule has 0 aliphatic heterocycles. The van der Waals surface area contributed by atoms with Gasteiger partial charge in [0, 0.05) is 21.6 Å². The minimum absolute atomic E-state index is 0.153. The highest BCUT2D eigenvalue weighted by Crippen LogP contribution is 2.30. The molecule has 0 heterocycles. The fraction of sp³-hybridized carbons (Fsp3) is 0.150. The third kappa shape index (κ3) is 4.86. The normalized spacial score (nSPS) is 10.7. The highest BCUT2D eigenvalue weighted by Gasteiger charge is 2.11. The first-order valence-electron chi connectivity index (χ1n) is 8.07. The molecule has 0 atom stereocenters. The first-order chi connectivity index (χ1) is 13.0. The topological polar surface area (TPSA) is 47.6 Å². The van der Waals surface area contributed by atoms with Crippen LogP contribution in [0.15, 0.2) is 53.0 Å². The van der Waals surface area contributed by atoms with E-state index in [1.807, 2.05) is 30.3 Å². The molecule has 0 aromatic heterocycles. The number of carbonyl (C=O) groups is 1. The Morgan fingerprint density at radius 2 is 1.85 bits per heavy atom. The molecule has 7 heteroatoms. The van der Waals surface area contributed by atoms with Crippen LogP contribution in [0.4, 0.5) is 0 Å². The maximum absolute atomic E-state index is 12.2. The van der Waals surface area contributed by atoms with Gasteiger partial charge in [-0.05, 0) is 47.2 Å². The lowest BCUT2D eigenvalue weighted by atomic mass is 10.0. The molecular formula is C20H16BrCl2NO3. The Hall–Kier alpha value is -1.95. The number of ether oxygens (including phenoxy) is 2. The fourth-order valence-corrected chi connectivity index (χ4v) is 3.53. The van der Waals surface area contributed by atoms with Gasteiger partial charge in [-0.15, -0.1) is 0 Å². The van der Waals surface area contributed by atoms with E-state index in [0.29, 0.717) is 28.1 Å². The number of hydrogen-bond donors (Lipinski definition) is 1. The summed E-state index contributed by atoms with van der Waals surface area (Å²) in [4.78, 5) is 12.2. The number of amides is 1. The molecule has 140 valence electrons. The van der Waals surface area contributed by atoms with Crippen LogP contribution in [0, 0.1) is 0 Å². The molecule has 0 spiro atoms. The SMILES string of the molecule is COc1ccc2cc(Br)ccc2c1CNC(=O)COc1ccc(Cl)cc1Cl. The van der Waals surface area contributed by atoms with E-state index in [-0.39, 0.29) is 12.5 Å². The van der Waals surface area contributed by atoms with Crippen LogP contribution in [0.2, 0.25) is 10.0 Å². The summed E-state index contributed by atoms with van der Waals surface area (Å²) in [6, 6.07) is 14.7. The standard InChI is InChI=1S/C20H16BrCl2NO3/c1-26-18-6-2-12-8-13(21)3-5-15(12)16(18)10-24-20(25)11-27-19-7-4-14(22)9-17(19)23/h2-9H,10-11H2,1H3,(H,24,25). The van der Waals surface area contributed by atoms with E-state index in [4.69, 9.17) is 32.7 Å². The molecule has 4 nitrogen and oxygen atoms in total. The average molecular weight is 469 g/mol. The number of benzene rings is 3. The Morgan fingerprint density at radius 3 is 2.59 bits per heavy atom. The molecule has 1 N–H and O–H groups in total. The summed E-state index contributed by atoms with van der Waals surface area (Å²) in [5.74, 6) is 0.854. The molecule has 0 fully saturated rings. The van der Waals surface area contributed by atoms with Crippen molar-refractivity contribution in [2.45, 2.75) is 6.54 Å². The number of fused-ring (bicyclic) bond motifs is 1. The molecule has 0 saturated heterocycles. The van der Waals surface area contributed by atoms with Gasteiger partial charge in [0.05, 0.1) is 12.1 Å². The molecule has 1 amide bonds. The van der Waals surface area contributed by atoms with Crippen LogP contribution in [0.5, 0.6) is 11.5 Å². The van der Waals surface area contributed by atoms with Gasteiger partial charge in [-0.3, -0.25) is 4.79 Å². The van der Waals surface area contributed by atoms with Gasteiger partial charge >= 0.3 is 0 Å². The Labute approximate surface area is 175 Å². The van der Waals surface area contributed by atoms with E-state index < -0.39 is 0 Å². The van der Waals surface area contributed by atoms with Crippen molar-refractivity contribution in [1.29, 1.82) is 0 Å². The van der Waals surface area contributed by atoms with Crippen LogP contribution in [-0.4, -0.2) is 19.6 Å². The Balaban J connectivity index is 1.69. The van der Waals surface area contributed by atoms with Crippen molar-refractivity contribution in [3.05, 3.63) is 68.6 Å². The zero-order valence-electron chi connectivity index (χ0n) is 14.4. The van der Waals surface area contributed by atoms with E-state index in [1.165, 1.54) is 0 Å². The summed E-state index contributed by atoms with van der Waals surface area (Å²) < 4.78 is 11.9. The number of carbonyl (C=O) groups excluding carboxylic acids is 1. The Kier molecular flexibility index (Phi) is 6.47. The maximum Gasteiger partial charge on any atom is 0.258 e. The molecule has 0 radical (unpaired) electrons. The summed E-state index contributed by atoms with van der Waals surface area (Å²) in [6.07, 6.45) is 0. The predicted molar refractivity (Wildman–Crippen MR) is 112 cm³/mol. The zero-order chi connectivity index (χ0) is 19.4. The smallest absolute Gasteiger partial charge is 0.258 e. The summed E-state index contributed by atoms with van der Waals surface area (Å²) >= 11 is 15.4. The van der Waals surface area contributed by atoms with Crippen molar-refractivity contribution < 1.29 is 14.3 Å². The van der Waals surface area contributed by atoms with Crippen molar-refractivity contribution in [2.75, 3.05) is 13.7 Å². The summed E-state index contributed by atoms with van der Waals surface area (Å²) in [6.45, 7) is 0.165. The van der Waals surface area contributed by atoms with E-state index in [0.717, 1.165) is 20.8 Å². The van der Waals surface area contributed by atoms with Gasteiger partial charge in [0.2, 0.25) is 0 Å². The highest BCUT2D eigenvalue weighted by molar-refractivity contribution is 9.10. The third-order valence-electron chi connectivity index (χ3n) is 3.99. The van der Waals surface area contributed by atoms with Crippen LogP contribution in [-0.2, 0) is 11.3 Å². The number of rotatable bonds is 6. The van der Waals surface area contributed by atoms with E-state index >= 15 is 0 Å². The number of nitrogens with one attached hydrogen (secondary N) is 1. The van der Waals surface area contributed by atoms with Crippen molar-refractivity contribution in [2.24, 2.45) is 0 Å². The van der Waals surface area contributed by atoms with Gasteiger partial charge < -0.3 is 14.8 Å². The molecule has 3 rings (SSSR count). The second-order valence-corrected chi connectivity index (χ2v) is 7.51. The van der Waals surface area contributed by atoms with Crippen LogP contribution in [0.3, 0.4) is 0 Å². The zero-order valence-corrected chi connectivity index (χ0v) is 17.5. The third-order valence-corrected chi connectivity index (χ3v) is 5.01. The van der Waals surface area contributed by atoms with Gasteiger partial charge in [0.15, 0.2) is 6.61 Å². The fourth-order valence-electron chi connectivity index (χ4n) is 2.69. The molecule has 0 saturated carbocycles. The maximum atomic E-state index is 12.2. The summed E-state index contributed by atoms with van der Waals surface area (Å²) in [5, 5.41) is 5.79. The number of methoxy groups -OCH3 is 1. The van der Waals surface area contributed by atoms with Crippen molar-refractivity contribution in [1.82, 2.24) is 5.32 Å². The monoisotopic (exact) mass is 467 g/mol. The second-order valence-electron chi connectivity index (χ2n) is 5.75. The quantitative estimate of drug-likeness (QED) is 0.511. The lowest BCUT2D eigenvalue weighted by molar-refractivity contribution is -0.123. The van der Waals surface area contributed by atoms with Gasteiger partial charge in [0.25, 0.3) is 5.91 Å². The molecule has 27 heavy (non-hydrogen) atoms. The minimum atomic E-state index is -0.266. The van der Waals surface area contributed by atoms with Crippen LogP contribution >= 0.6 is 39.1 Å².